The molecule has 0 fully saturated rings. The standard InChI is InChI=1S/C12H19N3O/c1-10-4-2-5-11(8-10)15-12(16)9-14-7-3-6-13/h2,4-5,8,14H,3,6-7,9,13H2,1H3,(H,15,16). The van der Waals surface area contributed by atoms with Crippen molar-refractivity contribution in [3.05, 3.63) is 29.8 Å². The van der Waals surface area contributed by atoms with Crippen LogP contribution < -0.4 is 16.4 Å². The lowest BCUT2D eigenvalue weighted by atomic mass is 10.2. The van der Waals surface area contributed by atoms with E-state index in [1.807, 2.05) is 31.2 Å². The summed E-state index contributed by atoms with van der Waals surface area (Å²) in [4.78, 5) is 11.5. The van der Waals surface area contributed by atoms with Crippen molar-refractivity contribution in [3.8, 4) is 0 Å². The normalized spacial score (nSPS) is 10.1. The maximum Gasteiger partial charge on any atom is 0.238 e. The predicted molar refractivity (Wildman–Crippen MR) is 66.3 cm³/mol. The van der Waals surface area contributed by atoms with Crippen LogP contribution in [0.25, 0.3) is 0 Å². The van der Waals surface area contributed by atoms with E-state index in [4.69, 9.17) is 5.73 Å². The van der Waals surface area contributed by atoms with E-state index in [1.165, 1.54) is 0 Å². The number of benzene rings is 1. The van der Waals surface area contributed by atoms with E-state index < -0.39 is 0 Å². The summed E-state index contributed by atoms with van der Waals surface area (Å²) in [5.74, 6) is -0.0254. The molecule has 0 aliphatic rings. The molecule has 88 valence electrons. The number of nitrogens with two attached hydrogens (primary N) is 1. The van der Waals surface area contributed by atoms with Crippen molar-refractivity contribution in [2.75, 3.05) is 25.0 Å². The molecule has 1 amide bonds. The van der Waals surface area contributed by atoms with Crippen LogP contribution >= 0.6 is 0 Å². The Morgan fingerprint density at radius 3 is 2.94 bits per heavy atom. The summed E-state index contributed by atoms with van der Waals surface area (Å²) in [7, 11) is 0. The minimum absolute atomic E-state index is 0.0254. The van der Waals surface area contributed by atoms with Gasteiger partial charge < -0.3 is 16.4 Å². The Labute approximate surface area is 96.2 Å². The lowest BCUT2D eigenvalue weighted by Crippen LogP contribution is -2.29. The van der Waals surface area contributed by atoms with Gasteiger partial charge in [-0.25, -0.2) is 0 Å². The molecule has 0 aliphatic carbocycles. The highest BCUT2D eigenvalue weighted by Gasteiger charge is 2.00. The third-order valence-corrected chi connectivity index (χ3v) is 2.15. The number of aryl methyl sites for hydroxylation is 1. The molecule has 0 aromatic heterocycles. The van der Waals surface area contributed by atoms with Crippen LogP contribution in [-0.4, -0.2) is 25.5 Å². The van der Waals surface area contributed by atoms with E-state index >= 15 is 0 Å². The monoisotopic (exact) mass is 221 g/mol. The van der Waals surface area contributed by atoms with E-state index in [1.54, 1.807) is 0 Å². The second-order valence-corrected chi connectivity index (χ2v) is 3.74. The van der Waals surface area contributed by atoms with Crippen molar-refractivity contribution in [1.82, 2.24) is 5.32 Å². The van der Waals surface area contributed by atoms with Gasteiger partial charge in [-0.1, -0.05) is 12.1 Å². The second kappa shape index (κ2) is 6.98. The Hall–Kier alpha value is -1.39. The molecule has 4 N–H and O–H groups in total. The fourth-order valence-corrected chi connectivity index (χ4v) is 1.36. The molecule has 0 heterocycles. The quantitative estimate of drug-likeness (QED) is 0.624. The molecule has 0 radical (unpaired) electrons. The Morgan fingerprint density at radius 1 is 1.44 bits per heavy atom. The average Bonchev–Trinajstić information content (AvgIpc) is 2.24. The number of hydrogen-bond donors (Lipinski definition) is 3. The van der Waals surface area contributed by atoms with Gasteiger partial charge in [0.1, 0.15) is 0 Å². The fraction of sp³-hybridized carbons (Fsp3) is 0.417. The Balaban J connectivity index is 2.29. The molecule has 0 saturated heterocycles. The molecular weight excluding hydrogens is 202 g/mol. The lowest BCUT2D eigenvalue weighted by molar-refractivity contribution is -0.115. The number of carbonyl (C=O) groups excluding carboxylic acids is 1. The van der Waals surface area contributed by atoms with Crippen LogP contribution in [0.5, 0.6) is 0 Å². The van der Waals surface area contributed by atoms with Gasteiger partial charge in [-0.2, -0.15) is 0 Å². The topological polar surface area (TPSA) is 67.2 Å². The molecule has 0 aliphatic heterocycles. The molecule has 0 saturated carbocycles. The molecule has 0 unspecified atom stereocenters. The number of anilines is 1. The molecule has 0 atom stereocenters. The summed E-state index contributed by atoms with van der Waals surface area (Å²) in [6.45, 7) is 3.74. The Kier molecular flexibility index (Phi) is 5.53. The van der Waals surface area contributed by atoms with Gasteiger partial charge in [-0.15, -0.1) is 0 Å². The van der Waals surface area contributed by atoms with Gasteiger partial charge in [0.25, 0.3) is 0 Å². The van der Waals surface area contributed by atoms with E-state index in [2.05, 4.69) is 10.6 Å². The second-order valence-electron chi connectivity index (χ2n) is 3.74. The maximum atomic E-state index is 11.5. The van der Waals surface area contributed by atoms with Crippen LogP contribution in [0, 0.1) is 6.92 Å². The summed E-state index contributed by atoms with van der Waals surface area (Å²) in [5.41, 5.74) is 7.32. The molecule has 1 rings (SSSR count). The van der Waals surface area contributed by atoms with E-state index in [-0.39, 0.29) is 5.91 Å². The Bertz CT molecular complexity index is 339. The number of nitrogens with one attached hydrogen (secondary N) is 2. The van der Waals surface area contributed by atoms with Crippen molar-refractivity contribution in [2.45, 2.75) is 13.3 Å². The molecule has 4 heteroatoms. The molecule has 16 heavy (non-hydrogen) atoms. The first-order valence-corrected chi connectivity index (χ1v) is 5.49. The van der Waals surface area contributed by atoms with E-state index in [0.29, 0.717) is 13.1 Å². The largest absolute Gasteiger partial charge is 0.330 e. The highest BCUT2D eigenvalue weighted by atomic mass is 16.1. The summed E-state index contributed by atoms with van der Waals surface area (Å²) in [6.07, 6.45) is 0.887. The zero-order valence-electron chi connectivity index (χ0n) is 9.62. The van der Waals surface area contributed by atoms with Gasteiger partial charge >= 0.3 is 0 Å². The minimum atomic E-state index is -0.0254. The van der Waals surface area contributed by atoms with Crippen LogP contribution in [0.4, 0.5) is 5.69 Å². The predicted octanol–water partition coefficient (Wildman–Crippen LogP) is 0.872. The first-order valence-electron chi connectivity index (χ1n) is 5.49. The molecule has 4 nitrogen and oxygen atoms in total. The van der Waals surface area contributed by atoms with E-state index in [0.717, 1.165) is 24.2 Å². The SMILES string of the molecule is Cc1cccc(NC(=O)CNCCCN)c1. The van der Waals surface area contributed by atoms with Crippen LogP contribution in [0.15, 0.2) is 24.3 Å². The number of hydrogen-bond acceptors (Lipinski definition) is 3. The zero-order chi connectivity index (χ0) is 11.8. The van der Waals surface area contributed by atoms with Crippen molar-refractivity contribution >= 4 is 11.6 Å². The fourth-order valence-electron chi connectivity index (χ4n) is 1.36. The number of rotatable bonds is 6. The van der Waals surface area contributed by atoms with Gasteiger partial charge in [0.15, 0.2) is 0 Å². The number of carbonyl (C=O) groups is 1. The summed E-state index contributed by atoms with van der Waals surface area (Å²) < 4.78 is 0. The van der Waals surface area contributed by atoms with Crippen molar-refractivity contribution in [1.29, 1.82) is 0 Å². The average molecular weight is 221 g/mol. The molecule has 1 aromatic rings. The highest BCUT2D eigenvalue weighted by molar-refractivity contribution is 5.92. The van der Waals surface area contributed by atoms with E-state index in [9.17, 15) is 4.79 Å². The summed E-state index contributed by atoms with van der Waals surface area (Å²) in [6, 6.07) is 7.74. The molecule has 0 bridgehead atoms. The van der Waals surface area contributed by atoms with Crippen LogP contribution in [-0.2, 0) is 4.79 Å². The van der Waals surface area contributed by atoms with Crippen LogP contribution in [0.1, 0.15) is 12.0 Å². The molecule has 0 spiro atoms. The first-order chi connectivity index (χ1) is 7.72. The third kappa shape index (κ3) is 4.91. The van der Waals surface area contributed by atoms with Crippen LogP contribution in [0.2, 0.25) is 0 Å². The van der Waals surface area contributed by atoms with Gasteiger partial charge in [0.2, 0.25) is 5.91 Å². The van der Waals surface area contributed by atoms with Gasteiger partial charge in [0.05, 0.1) is 6.54 Å². The Morgan fingerprint density at radius 2 is 2.25 bits per heavy atom. The zero-order valence-corrected chi connectivity index (χ0v) is 9.62. The van der Waals surface area contributed by atoms with Crippen molar-refractivity contribution < 1.29 is 4.79 Å². The smallest absolute Gasteiger partial charge is 0.238 e. The van der Waals surface area contributed by atoms with Gasteiger partial charge in [-0.05, 0) is 44.1 Å². The number of amides is 1. The highest BCUT2D eigenvalue weighted by Crippen LogP contribution is 2.08. The van der Waals surface area contributed by atoms with Gasteiger partial charge in [-0.3, -0.25) is 4.79 Å². The van der Waals surface area contributed by atoms with Crippen molar-refractivity contribution in [3.63, 3.8) is 0 Å². The van der Waals surface area contributed by atoms with Crippen LogP contribution in [0.3, 0.4) is 0 Å². The minimum Gasteiger partial charge on any atom is -0.330 e. The molecular formula is C12H19N3O. The lowest BCUT2D eigenvalue weighted by Gasteiger charge is -2.06. The first kappa shape index (κ1) is 12.7. The summed E-state index contributed by atoms with van der Waals surface area (Å²) in [5, 5.41) is 5.86. The van der Waals surface area contributed by atoms with Crippen molar-refractivity contribution in [2.24, 2.45) is 5.73 Å². The third-order valence-electron chi connectivity index (χ3n) is 2.15. The molecule has 1 aromatic carbocycles. The van der Waals surface area contributed by atoms with Gasteiger partial charge in [0, 0.05) is 5.69 Å². The summed E-state index contributed by atoms with van der Waals surface area (Å²) >= 11 is 0. The maximum absolute atomic E-state index is 11.5.